The second-order valence-electron chi connectivity index (χ2n) is 4.77. The third kappa shape index (κ3) is 4.22. The first-order valence-corrected chi connectivity index (χ1v) is 5.89. The van der Waals surface area contributed by atoms with Gasteiger partial charge in [-0.1, -0.05) is 12.8 Å². The molecule has 0 spiro atoms. The Labute approximate surface area is 100 Å². The van der Waals surface area contributed by atoms with Crippen LogP contribution in [0.5, 0.6) is 0 Å². The highest BCUT2D eigenvalue weighted by Gasteiger charge is 2.31. The van der Waals surface area contributed by atoms with E-state index in [2.05, 4.69) is 10.6 Å². The van der Waals surface area contributed by atoms with Gasteiger partial charge in [0, 0.05) is 18.6 Å². The van der Waals surface area contributed by atoms with Gasteiger partial charge in [-0.25, -0.2) is 9.59 Å². The van der Waals surface area contributed by atoms with Crippen LogP contribution in [0.2, 0.25) is 0 Å². The molecule has 1 rings (SSSR count). The Morgan fingerprint density at radius 2 is 1.94 bits per heavy atom. The van der Waals surface area contributed by atoms with E-state index in [1.165, 1.54) is 0 Å². The highest BCUT2D eigenvalue weighted by Crippen LogP contribution is 2.28. The maximum absolute atomic E-state index is 11.6. The maximum atomic E-state index is 11.6. The van der Waals surface area contributed by atoms with Gasteiger partial charge in [-0.2, -0.15) is 0 Å². The van der Waals surface area contributed by atoms with Crippen LogP contribution in [0.3, 0.4) is 0 Å². The molecule has 98 valence electrons. The second kappa shape index (κ2) is 5.86. The van der Waals surface area contributed by atoms with Gasteiger partial charge in [0.15, 0.2) is 0 Å². The van der Waals surface area contributed by atoms with E-state index in [0.717, 1.165) is 25.7 Å². The second-order valence-corrected chi connectivity index (χ2v) is 4.77. The summed E-state index contributed by atoms with van der Waals surface area (Å²) in [5.41, 5.74) is -0.230. The summed E-state index contributed by atoms with van der Waals surface area (Å²) in [4.78, 5) is 22.4. The van der Waals surface area contributed by atoms with E-state index in [1.54, 1.807) is 0 Å². The molecule has 1 saturated carbocycles. The normalized spacial score (nSPS) is 19.6. The number of carboxylic acids is 1. The number of rotatable bonds is 5. The number of aliphatic carboxylic acids is 1. The van der Waals surface area contributed by atoms with E-state index in [4.69, 9.17) is 10.2 Å². The monoisotopic (exact) mass is 244 g/mol. The molecule has 6 heteroatoms. The van der Waals surface area contributed by atoms with Gasteiger partial charge >= 0.3 is 12.0 Å². The molecule has 0 bridgehead atoms. The number of aliphatic hydroxyl groups is 1. The molecular formula is C11H20N2O4. The quantitative estimate of drug-likeness (QED) is 0.564. The van der Waals surface area contributed by atoms with Crippen molar-refractivity contribution in [3.05, 3.63) is 0 Å². The topological polar surface area (TPSA) is 98.7 Å². The molecule has 0 unspecified atom stereocenters. The van der Waals surface area contributed by atoms with Crippen LogP contribution in [0.25, 0.3) is 0 Å². The summed E-state index contributed by atoms with van der Waals surface area (Å²) in [7, 11) is 0. The minimum absolute atomic E-state index is 0.0134. The molecule has 1 aliphatic rings. The first-order valence-electron chi connectivity index (χ1n) is 5.89. The van der Waals surface area contributed by atoms with Crippen molar-refractivity contribution in [3.8, 4) is 0 Å². The molecule has 17 heavy (non-hydrogen) atoms. The lowest BCUT2D eigenvalue weighted by Gasteiger charge is -2.26. The summed E-state index contributed by atoms with van der Waals surface area (Å²) < 4.78 is 0. The summed E-state index contributed by atoms with van der Waals surface area (Å²) in [6.45, 7) is 1.69. The van der Waals surface area contributed by atoms with Crippen LogP contribution >= 0.6 is 0 Å². The fraction of sp³-hybridized carbons (Fsp3) is 0.818. The van der Waals surface area contributed by atoms with E-state index in [9.17, 15) is 9.59 Å². The molecule has 0 aliphatic heterocycles. The molecule has 0 saturated heterocycles. The summed E-state index contributed by atoms with van der Waals surface area (Å²) in [6, 6.07) is -1.51. The molecule has 1 aliphatic carbocycles. The van der Waals surface area contributed by atoms with Gasteiger partial charge in [0.2, 0.25) is 0 Å². The van der Waals surface area contributed by atoms with Gasteiger partial charge in [-0.05, 0) is 19.8 Å². The Hall–Kier alpha value is -1.30. The van der Waals surface area contributed by atoms with Crippen LogP contribution in [0.1, 0.15) is 39.0 Å². The van der Waals surface area contributed by atoms with Crippen molar-refractivity contribution in [2.75, 3.05) is 6.61 Å². The number of urea groups is 1. The Bertz CT molecular complexity index is 287. The fourth-order valence-electron chi connectivity index (χ4n) is 2.14. The van der Waals surface area contributed by atoms with Crippen LogP contribution in [-0.2, 0) is 4.79 Å². The van der Waals surface area contributed by atoms with Gasteiger partial charge in [0.25, 0.3) is 0 Å². The number of aliphatic hydroxyl groups excluding tert-OH is 1. The maximum Gasteiger partial charge on any atom is 0.326 e. The van der Waals surface area contributed by atoms with Crippen LogP contribution in [0, 0.1) is 0 Å². The zero-order valence-corrected chi connectivity index (χ0v) is 10.0. The summed E-state index contributed by atoms with van der Waals surface area (Å²) in [6.07, 6.45) is 4.00. The molecule has 6 nitrogen and oxygen atoms in total. The largest absolute Gasteiger partial charge is 0.480 e. The predicted octanol–water partition coefficient (Wildman–Crippen LogP) is 0.454. The minimum Gasteiger partial charge on any atom is -0.480 e. The van der Waals surface area contributed by atoms with E-state index in [0.29, 0.717) is 0 Å². The first-order chi connectivity index (χ1) is 7.97. The van der Waals surface area contributed by atoms with Crippen molar-refractivity contribution in [3.63, 3.8) is 0 Å². The number of hydrogen-bond donors (Lipinski definition) is 4. The molecular weight excluding hydrogens is 224 g/mol. The average molecular weight is 244 g/mol. The molecule has 0 heterocycles. The number of amides is 2. The molecule has 0 aromatic rings. The Morgan fingerprint density at radius 1 is 1.35 bits per heavy atom. The van der Waals surface area contributed by atoms with E-state index >= 15 is 0 Å². The Balaban J connectivity index is 2.44. The molecule has 0 aromatic carbocycles. The molecule has 1 fully saturated rings. The highest BCUT2D eigenvalue weighted by molar-refractivity contribution is 5.82. The minimum atomic E-state index is -1.13. The highest BCUT2D eigenvalue weighted by atomic mass is 16.4. The SMILES string of the molecule is CC1(NC(=O)N[C@H](CCO)C(=O)O)CCCC1. The van der Waals surface area contributed by atoms with E-state index in [-0.39, 0.29) is 18.6 Å². The van der Waals surface area contributed by atoms with Gasteiger partial charge in [0.1, 0.15) is 6.04 Å². The van der Waals surface area contributed by atoms with Crippen molar-refractivity contribution in [1.82, 2.24) is 10.6 Å². The lowest BCUT2D eigenvalue weighted by atomic mass is 10.0. The average Bonchev–Trinajstić information content (AvgIpc) is 2.63. The van der Waals surface area contributed by atoms with Crippen molar-refractivity contribution in [1.29, 1.82) is 0 Å². The summed E-state index contributed by atoms with van der Waals surface area (Å²) in [5.74, 6) is -1.13. The zero-order chi connectivity index (χ0) is 12.9. The molecule has 0 aromatic heterocycles. The van der Waals surface area contributed by atoms with Crippen molar-refractivity contribution < 1.29 is 19.8 Å². The summed E-state index contributed by atoms with van der Waals surface area (Å²) >= 11 is 0. The zero-order valence-electron chi connectivity index (χ0n) is 10.0. The van der Waals surface area contributed by atoms with Gasteiger partial charge in [-0.15, -0.1) is 0 Å². The number of carbonyl (C=O) groups is 2. The number of hydrogen-bond acceptors (Lipinski definition) is 3. The van der Waals surface area contributed by atoms with Crippen LogP contribution in [0.4, 0.5) is 4.79 Å². The molecule has 0 radical (unpaired) electrons. The van der Waals surface area contributed by atoms with Crippen LogP contribution in [-0.4, -0.2) is 40.4 Å². The lowest BCUT2D eigenvalue weighted by Crippen LogP contribution is -2.53. The molecule has 2 amide bonds. The van der Waals surface area contributed by atoms with E-state index < -0.39 is 18.0 Å². The predicted molar refractivity (Wildman–Crippen MR) is 61.7 cm³/mol. The van der Waals surface area contributed by atoms with Crippen LogP contribution < -0.4 is 10.6 Å². The molecule has 4 N–H and O–H groups in total. The Kier molecular flexibility index (Phi) is 4.74. The van der Waals surface area contributed by atoms with Crippen molar-refractivity contribution in [2.24, 2.45) is 0 Å². The number of nitrogens with one attached hydrogen (secondary N) is 2. The van der Waals surface area contributed by atoms with E-state index in [1.807, 2.05) is 6.92 Å². The first kappa shape index (κ1) is 13.8. The van der Waals surface area contributed by atoms with Crippen LogP contribution in [0.15, 0.2) is 0 Å². The van der Waals surface area contributed by atoms with Gasteiger partial charge in [-0.3, -0.25) is 0 Å². The smallest absolute Gasteiger partial charge is 0.326 e. The standard InChI is InChI=1S/C11H20N2O4/c1-11(5-2-3-6-11)13-10(17)12-8(4-7-14)9(15)16/h8,14H,2-7H2,1H3,(H,15,16)(H2,12,13,17)/t8-/m1/s1. The number of carboxylic acid groups (broad SMARTS) is 1. The van der Waals surface area contributed by atoms with Gasteiger partial charge < -0.3 is 20.8 Å². The fourth-order valence-corrected chi connectivity index (χ4v) is 2.14. The third-order valence-corrected chi connectivity index (χ3v) is 3.14. The summed E-state index contributed by atoms with van der Waals surface area (Å²) in [5, 5.41) is 22.7. The molecule has 1 atom stereocenters. The lowest BCUT2D eigenvalue weighted by molar-refractivity contribution is -0.139. The van der Waals surface area contributed by atoms with Gasteiger partial charge in [0.05, 0.1) is 0 Å². The Morgan fingerprint density at radius 3 is 2.41 bits per heavy atom. The van der Waals surface area contributed by atoms with Crippen molar-refractivity contribution in [2.45, 2.75) is 50.6 Å². The van der Waals surface area contributed by atoms with Crippen molar-refractivity contribution >= 4 is 12.0 Å². The number of carbonyl (C=O) groups excluding carboxylic acids is 1. The third-order valence-electron chi connectivity index (χ3n) is 3.14.